The molecule has 1 heterocycles. The van der Waals surface area contributed by atoms with Crippen LogP contribution < -0.4 is 5.32 Å². The standard InChI is InChI=1S/C10H13N3O3/c1-4-8(14)13-10-11-6(2)5-7(12-10)9(15)16-3/h5H,4H2,1-3H3,(H,11,12,13,14). The lowest BCUT2D eigenvalue weighted by atomic mass is 10.3. The molecule has 6 heteroatoms. The van der Waals surface area contributed by atoms with Crippen LogP contribution in [0.3, 0.4) is 0 Å². The van der Waals surface area contributed by atoms with Crippen LogP contribution in [0.5, 0.6) is 0 Å². The quantitative estimate of drug-likeness (QED) is 0.770. The van der Waals surface area contributed by atoms with Gasteiger partial charge in [0.2, 0.25) is 11.9 Å². The van der Waals surface area contributed by atoms with Crippen molar-refractivity contribution >= 4 is 17.8 Å². The maximum atomic E-state index is 11.2. The molecule has 0 unspecified atom stereocenters. The van der Waals surface area contributed by atoms with Gasteiger partial charge in [0, 0.05) is 12.1 Å². The number of anilines is 1. The van der Waals surface area contributed by atoms with E-state index in [-0.39, 0.29) is 17.5 Å². The summed E-state index contributed by atoms with van der Waals surface area (Å²) in [6.07, 6.45) is 0.324. The summed E-state index contributed by atoms with van der Waals surface area (Å²) in [6.45, 7) is 3.42. The van der Waals surface area contributed by atoms with Gasteiger partial charge in [0.15, 0.2) is 5.69 Å². The minimum absolute atomic E-state index is 0.118. The van der Waals surface area contributed by atoms with Crippen molar-refractivity contribution in [2.75, 3.05) is 12.4 Å². The van der Waals surface area contributed by atoms with Crippen molar-refractivity contribution in [1.29, 1.82) is 0 Å². The van der Waals surface area contributed by atoms with Crippen LogP contribution in [0.4, 0.5) is 5.95 Å². The topological polar surface area (TPSA) is 81.2 Å². The molecule has 1 N–H and O–H groups in total. The highest BCUT2D eigenvalue weighted by Gasteiger charge is 2.11. The van der Waals surface area contributed by atoms with E-state index in [0.717, 1.165) is 0 Å². The molecule has 0 aliphatic carbocycles. The fourth-order valence-corrected chi connectivity index (χ4v) is 1.05. The molecule has 0 saturated carbocycles. The third-order valence-electron chi connectivity index (χ3n) is 1.82. The number of carbonyl (C=O) groups is 2. The van der Waals surface area contributed by atoms with Crippen molar-refractivity contribution in [1.82, 2.24) is 9.97 Å². The molecule has 1 aromatic rings. The van der Waals surface area contributed by atoms with E-state index in [2.05, 4.69) is 20.0 Å². The highest BCUT2D eigenvalue weighted by molar-refractivity contribution is 5.90. The molecule has 1 aromatic heterocycles. The second kappa shape index (κ2) is 5.20. The van der Waals surface area contributed by atoms with E-state index >= 15 is 0 Å². The van der Waals surface area contributed by atoms with Crippen molar-refractivity contribution in [3.8, 4) is 0 Å². The Kier molecular flexibility index (Phi) is 3.93. The summed E-state index contributed by atoms with van der Waals surface area (Å²) in [5.41, 5.74) is 0.711. The number of methoxy groups -OCH3 is 1. The Morgan fingerprint density at radius 2 is 2.12 bits per heavy atom. The molecule has 0 spiro atoms. The molecule has 1 amide bonds. The van der Waals surface area contributed by atoms with Crippen LogP contribution in [0.2, 0.25) is 0 Å². The first-order chi connectivity index (χ1) is 7.56. The first-order valence-electron chi connectivity index (χ1n) is 4.80. The number of nitrogens with zero attached hydrogens (tertiary/aromatic N) is 2. The number of carbonyl (C=O) groups excluding carboxylic acids is 2. The predicted molar refractivity (Wildman–Crippen MR) is 57.0 cm³/mol. The number of aryl methyl sites for hydroxylation is 1. The van der Waals surface area contributed by atoms with Crippen LogP contribution in [0.1, 0.15) is 29.5 Å². The van der Waals surface area contributed by atoms with Gasteiger partial charge >= 0.3 is 5.97 Å². The second-order valence-corrected chi connectivity index (χ2v) is 3.11. The van der Waals surface area contributed by atoms with Gasteiger partial charge in [-0.3, -0.25) is 10.1 Å². The molecule has 0 aliphatic rings. The van der Waals surface area contributed by atoms with E-state index < -0.39 is 5.97 Å². The number of amides is 1. The number of hydrogen-bond donors (Lipinski definition) is 1. The van der Waals surface area contributed by atoms with Crippen molar-refractivity contribution in [2.24, 2.45) is 0 Å². The summed E-state index contributed by atoms with van der Waals surface area (Å²) in [5, 5.41) is 2.48. The van der Waals surface area contributed by atoms with Crippen molar-refractivity contribution in [2.45, 2.75) is 20.3 Å². The number of nitrogens with one attached hydrogen (secondary N) is 1. The van der Waals surface area contributed by atoms with Crippen LogP contribution in [0, 0.1) is 6.92 Å². The third kappa shape index (κ3) is 3.01. The molecule has 0 radical (unpaired) electrons. The Morgan fingerprint density at radius 3 is 2.69 bits per heavy atom. The minimum atomic E-state index is -0.558. The Labute approximate surface area is 93.0 Å². The maximum Gasteiger partial charge on any atom is 0.356 e. The van der Waals surface area contributed by atoms with Crippen molar-refractivity contribution in [3.63, 3.8) is 0 Å². The zero-order valence-electron chi connectivity index (χ0n) is 9.40. The SMILES string of the molecule is CCC(=O)Nc1nc(C)cc(C(=O)OC)n1. The van der Waals surface area contributed by atoms with Gasteiger partial charge < -0.3 is 4.74 Å². The first kappa shape index (κ1) is 12.1. The molecule has 0 fully saturated rings. The zero-order chi connectivity index (χ0) is 12.1. The van der Waals surface area contributed by atoms with Crippen LogP contribution >= 0.6 is 0 Å². The van der Waals surface area contributed by atoms with Crippen LogP contribution in [-0.4, -0.2) is 29.0 Å². The monoisotopic (exact) mass is 223 g/mol. The molecular formula is C10H13N3O3. The van der Waals surface area contributed by atoms with Gasteiger partial charge in [0.25, 0.3) is 0 Å². The van der Waals surface area contributed by atoms with Crippen LogP contribution in [0.25, 0.3) is 0 Å². The van der Waals surface area contributed by atoms with E-state index in [9.17, 15) is 9.59 Å². The molecule has 0 saturated heterocycles. The van der Waals surface area contributed by atoms with Gasteiger partial charge in [-0.15, -0.1) is 0 Å². The largest absolute Gasteiger partial charge is 0.464 e. The second-order valence-electron chi connectivity index (χ2n) is 3.11. The fraction of sp³-hybridized carbons (Fsp3) is 0.400. The predicted octanol–water partition coefficient (Wildman–Crippen LogP) is 0.920. The third-order valence-corrected chi connectivity index (χ3v) is 1.82. The summed E-state index contributed by atoms with van der Waals surface area (Å²) >= 11 is 0. The number of esters is 1. The molecule has 0 atom stereocenters. The lowest BCUT2D eigenvalue weighted by Gasteiger charge is -2.05. The Morgan fingerprint density at radius 1 is 1.44 bits per heavy atom. The smallest absolute Gasteiger partial charge is 0.356 e. The highest BCUT2D eigenvalue weighted by Crippen LogP contribution is 2.06. The van der Waals surface area contributed by atoms with Gasteiger partial charge in [-0.1, -0.05) is 6.92 Å². The minimum Gasteiger partial charge on any atom is -0.464 e. The molecule has 0 aliphatic heterocycles. The molecule has 0 bridgehead atoms. The van der Waals surface area contributed by atoms with Gasteiger partial charge in [-0.2, -0.15) is 0 Å². The summed E-state index contributed by atoms with van der Waals surface area (Å²) < 4.78 is 4.54. The molecule has 1 rings (SSSR count). The molecule has 16 heavy (non-hydrogen) atoms. The van der Waals surface area contributed by atoms with Gasteiger partial charge in [-0.05, 0) is 13.0 Å². The normalized spacial score (nSPS) is 9.69. The molecule has 0 aromatic carbocycles. The Bertz CT molecular complexity index is 418. The van der Waals surface area contributed by atoms with E-state index in [1.54, 1.807) is 13.8 Å². The highest BCUT2D eigenvalue weighted by atomic mass is 16.5. The Hall–Kier alpha value is -1.98. The lowest BCUT2D eigenvalue weighted by molar-refractivity contribution is -0.115. The van der Waals surface area contributed by atoms with Crippen LogP contribution in [-0.2, 0) is 9.53 Å². The average Bonchev–Trinajstić information content (AvgIpc) is 2.27. The number of aromatic nitrogens is 2. The molecule has 86 valence electrons. The number of hydrogen-bond acceptors (Lipinski definition) is 5. The molecule has 6 nitrogen and oxygen atoms in total. The van der Waals surface area contributed by atoms with Gasteiger partial charge in [-0.25, -0.2) is 14.8 Å². The molecular weight excluding hydrogens is 210 g/mol. The summed E-state index contributed by atoms with van der Waals surface area (Å²) in [5.74, 6) is -0.647. The van der Waals surface area contributed by atoms with Gasteiger partial charge in [0.05, 0.1) is 7.11 Å². The summed E-state index contributed by atoms with van der Waals surface area (Å²) in [6, 6.07) is 1.49. The first-order valence-corrected chi connectivity index (χ1v) is 4.80. The zero-order valence-corrected chi connectivity index (χ0v) is 9.40. The van der Waals surface area contributed by atoms with Gasteiger partial charge in [0.1, 0.15) is 0 Å². The summed E-state index contributed by atoms with van der Waals surface area (Å²) in [4.78, 5) is 30.2. The van der Waals surface area contributed by atoms with E-state index in [1.807, 2.05) is 0 Å². The van der Waals surface area contributed by atoms with Crippen molar-refractivity contribution in [3.05, 3.63) is 17.5 Å². The fourth-order valence-electron chi connectivity index (χ4n) is 1.05. The van der Waals surface area contributed by atoms with E-state index in [0.29, 0.717) is 12.1 Å². The van der Waals surface area contributed by atoms with E-state index in [4.69, 9.17) is 0 Å². The summed E-state index contributed by atoms with van der Waals surface area (Å²) in [7, 11) is 1.27. The number of ether oxygens (including phenoxy) is 1. The van der Waals surface area contributed by atoms with Crippen molar-refractivity contribution < 1.29 is 14.3 Å². The van der Waals surface area contributed by atoms with Crippen LogP contribution in [0.15, 0.2) is 6.07 Å². The maximum absolute atomic E-state index is 11.2. The Balaban J connectivity index is 2.98. The average molecular weight is 223 g/mol. The lowest BCUT2D eigenvalue weighted by Crippen LogP contribution is -2.15. The number of rotatable bonds is 3. The van der Waals surface area contributed by atoms with E-state index in [1.165, 1.54) is 13.2 Å².